The minimum absolute atomic E-state index is 0.0153. The summed E-state index contributed by atoms with van der Waals surface area (Å²) in [6.07, 6.45) is 1.53. The van der Waals surface area contributed by atoms with E-state index in [9.17, 15) is 4.79 Å². The lowest BCUT2D eigenvalue weighted by atomic mass is 10.2. The average molecular weight is 235 g/mol. The van der Waals surface area contributed by atoms with Gasteiger partial charge in [-0.05, 0) is 5.56 Å². The number of nitrogens with one attached hydrogen (secondary N) is 2. The van der Waals surface area contributed by atoms with Crippen LogP contribution in [0.5, 0.6) is 0 Å². The second-order valence-electron chi connectivity index (χ2n) is 3.01. The van der Waals surface area contributed by atoms with Crippen LogP contribution in [0, 0.1) is 0 Å². The molecule has 0 saturated carbocycles. The summed E-state index contributed by atoms with van der Waals surface area (Å²) in [4.78, 5) is 10.2. The van der Waals surface area contributed by atoms with Crippen molar-refractivity contribution in [1.82, 2.24) is 10.9 Å². The van der Waals surface area contributed by atoms with E-state index >= 15 is 0 Å². The summed E-state index contributed by atoms with van der Waals surface area (Å²) in [5.41, 5.74) is 11.0. The second-order valence-corrected chi connectivity index (χ2v) is 3.01. The third-order valence-electron chi connectivity index (χ3n) is 1.63. The fourth-order valence-corrected chi connectivity index (χ4v) is 0.932. The molecule has 0 saturated heterocycles. The number of aliphatic carboxylic acids is 1. The van der Waals surface area contributed by atoms with Gasteiger partial charge in [0.25, 0.3) is 0 Å². The predicted octanol–water partition coefficient (Wildman–Crippen LogP) is -0.486. The van der Waals surface area contributed by atoms with Crippen molar-refractivity contribution in [2.75, 3.05) is 6.54 Å². The molecule has 0 unspecified atom stereocenters. The van der Waals surface area contributed by atoms with Crippen molar-refractivity contribution in [2.24, 2.45) is 15.9 Å². The van der Waals surface area contributed by atoms with Crippen molar-refractivity contribution in [1.29, 1.82) is 0 Å². The van der Waals surface area contributed by atoms with Crippen LogP contribution in [0.1, 0.15) is 5.56 Å². The molecule has 1 rings (SSSR count). The van der Waals surface area contributed by atoms with Gasteiger partial charge >= 0.3 is 5.97 Å². The quantitative estimate of drug-likeness (QED) is 0.312. The highest BCUT2D eigenvalue weighted by atomic mass is 16.4. The Morgan fingerprint density at radius 3 is 2.76 bits per heavy atom. The van der Waals surface area contributed by atoms with Crippen LogP contribution in [0.2, 0.25) is 0 Å². The van der Waals surface area contributed by atoms with Gasteiger partial charge in [0.2, 0.25) is 5.96 Å². The first-order valence-electron chi connectivity index (χ1n) is 4.80. The van der Waals surface area contributed by atoms with Gasteiger partial charge in [0.15, 0.2) is 0 Å². The Hall–Kier alpha value is -2.41. The molecule has 17 heavy (non-hydrogen) atoms. The number of rotatable bonds is 5. The van der Waals surface area contributed by atoms with Crippen molar-refractivity contribution < 1.29 is 9.90 Å². The highest BCUT2D eigenvalue weighted by Gasteiger charge is 1.94. The van der Waals surface area contributed by atoms with Crippen molar-refractivity contribution in [2.45, 2.75) is 0 Å². The average Bonchev–Trinajstić information content (AvgIpc) is 2.30. The third-order valence-corrected chi connectivity index (χ3v) is 1.63. The molecular formula is C10H13N5O2. The number of hydrogen-bond donors (Lipinski definition) is 4. The van der Waals surface area contributed by atoms with E-state index in [0.717, 1.165) is 5.56 Å². The third kappa shape index (κ3) is 5.90. The topological polar surface area (TPSA) is 112 Å². The van der Waals surface area contributed by atoms with E-state index in [1.54, 1.807) is 0 Å². The summed E-state index contributed by atoms with van der Waals surface area (Å²) in [6, 6.07) is 9.38. The summed E-state index contributed by atoms with van der Waals surface area (Å²) in [5, 5.41) is 15.7. The summed E-state index contributed by atoms with van der Waals surface area (Å²) < 4.78 is 0. The monoisotopic (exact) mass is 235 g/mol. The zero-order valence-corrected chi connectivity index (χ0v) is 9.00. The Morgan fingerprint density at radius 1 is 1.41 bits per heavy atom. The number of hydrazine groups is 1. The van der Waals surface area contributed by atoms with Gasteiger partial charge in [0.1, 0.15) is 6.54 Å². The van der Waals surface area contributed by atoms with Crippen LogP contribution in [-0.2, 0) is 4.79 Å². The van der Waals surface area contributed by atoms with Crippen molar-refractivity contribution >= 4 is 18.1 Å². The number of hydrogen-bond acceptors (Lipinski definition) is 4. The molecule has 5 N–H and O–H groups in total. The standard InChI is InChI=1S/C10H13N5O2/c11-10(15-13-7-9(16)17)14-12-6-8-4-2-1-3-5-8/h1-6,13H,7H2,(H,16,17)(H3,11,14,15)/b12-6+. The highest BCUT2D eigenvalue weighted by molar-refractivity contribution is 5.82. The van der Waals surface area contributed by atoms with Crippen molar-refractivity contribution in [3.05, 3.63) is 35.9 Å². The molecule has 90 valence electrons. The van der Waals surface area contributed by atoms with Gasteiger partial charge in [0, 0.05) is 0 Å². The van der Waals surface area contributed by atoms with Crippen LogP contribution in [0.25, 0.3) is 0 Å². The van der Waals surface area contributed by atoms with Crippen LogP contribution in [0.15, 0.2) is 40.5 Å². The number of carboxylic acid groups (broad SMARTS) is 1. The molecule has 0 radical (unpaired) electrons. The van der Waals surface area contributed by atoms with Gasteiger partial charge in [-0.3, -0.25) is 10.2 Å². The normalized spacial score (nSPS) is 11.6. The van der Waals surface area contributed by atoms with Gasteiger partial charge in [-0.15, -0.1) is 5.10 Å². The van der Waals surface area contributed by atoms with Crippen molar-refractivity contribution in [3.8, 4) is 0 Å². The molecule has 1 aromatic carbocycles. The Labute approximate surface area is 98.0 Å². The van der Waals surface area contributed by atoms with Crippen LogP contribution in [0.3, 0.4) is 0 Å². The van der Waals surface area contributed by atoms with E-state index < -0.39 is 5.97 Å². The lowest BCUT2D eigenvalue weighted by Gasteiger charge is -2.02. The molecule has 0 bridgehead atoms. The Morgan fingerprint density at radius 2 is 2.12 bits per heavy atom. The van der Waals surface area contributed by atoms with Crippen LogP contribution >= 0.6 is 0 Å². The summed E-state index contributed by atoms with van der Waals surface area (Å²) in [7, 11) is 0. The summed E-state index contributed by atoms with van der Waals surface area (Å²) in [5.74, 6) is -1.02. The maximum Gasteiger partial charge on any atom is 0.319 e. The zero-order valence-electron chi connectivity index (χ0n) is 9.00. The van der Waals surface area contributed by atoms with Crippen LogP contribution in [-0.4, -0.2) is 29.8 Å². The molecule has 0 fully saturated rings. The highest BCUT2D eigenvalue weighted by Crippen LogP contribution is 1.93. The molecule has 0 heterocycles. The molecule has 7 nitrogen and oxygen atoms in total. The van der Waals surface area contributed by atoms with Crippen LogP contribution < -0.4 is 16.6 Å². The fraction of sp³-hybridized carbons (Fsp3) is 0.100. The molecule has 0 amide bonds. The molecule has 0 spiro atoms. The molecule has 0 atom stereocenters. The predicted molar refractivity (Wildman–Crippen MR) is 64.4 cm³/mol. The van der Waals surface area contributed by atoms with E-state index in [4.69, 9.17) is 10.8 Å². The number of nitrogens with two attached hydrogens (primary N) is 1. The van der Waals surface area contributed by atoms with E-state index in [-0.39, 0.29) is 12.5 Å². The zero-order chi connectivity index (χ0) is 12.5. The molecule has 0 aliphatic rings. The molecule has 0 aromatic heterocycles. The van der Waals surface area contributed by atoms with Gasteiger partial charge in [0.05, 0.1) is 6.21 Å². The van der Waals surface area contributed by atoms with E-state index in [1.165, 1.54) is 6.21 Å². The minimum Gasteiger partial charge on any atom is -0.480 e. The van der Waals surface area contributed by atoms with Crippen molar-refractivity contribution in [3.63, 3.8) is 0 Å². The number of benzene rings is 1. The molecule has 1 aromatic rings. The number of nitrogens with zero attached hydrogens (tertiary/aromatic N) is 2. The number of carboxylic acids is 1. The smallest absolute Gasteiger partial charge is 0.319 e. The van der Waals surface area contributed by atoms with Gasteiger partial charge in [-0.25, -0.2) is 5.43 Å². The van der Waals surface area contributed by atoms with Gasteiger partial charge < -0.3 is 10.8 Å². The molecular weight excluding hydrogens is 222 g/mol. The fourth-order valence-electron chi connectivity index (χ4n) is 0.932. The Kier molecular flexibility index (Phi) is 5.18. The Balaban J connectivity index is 2.37. The van der Waals surface area contributed by atoms with E-state index in [1.807, 2.05) is 30.3 Å². The molecule has 0 aliphatic carbocycles. The summed E-state index contributed by atoms with van der Waals surface area (Å²) in [6.45, 7) is -0.265. The molecule has 7 heteroatoms. The second kappa shape index (κ2) is 6.96. The Bertz CT molecular complexity index is 416. The first-order chi connectivity index (χ1) is 8.18. The van der Waals surface area contributed by atoms with Gasteiger partial charge in [-0.2, -0.15) is 5.10 Å². The SMILES string of the molecule is N/C(=N\N=C\c1ccccc1)NNCC(=O)O. The van der Waals surface area contributed by atoms with Crippen LogP contribution in [0.4, 0.5) is 0 Å². The number of guanidine groups is 1. The lowest BCUT2D eigenvalue weighted by molar-refractivity contribution is -0.136. The first kappa shape index (κ1) is 12.7. The lowest BCUT2D eigenvalue weighted by Crippen LogP contribution is -2.44. The van der Waals surface area contributed by atoms with E-state index in [2.05, 4.69) is 21.1 Å². The summed E-state index contributed by atoms with van der Waals surface area (Å²) >= 11 is 0. The maximum absolute atomic E-state index is 10.2. The molecule has 0 aliphatic heterocycles. The number of carbonyl (C=O) groups is 1. The minimum atomic E-state index is -1.00. The van der Waals surface area contributed by atoms with E-state index in [0.29, 0.717) is 0 Å². The van der Waals surface area contributed by atoms with Gasteiger partial charge in [-0.1, -0.05) is 30.3 Å². The maximum atomic E-state index is 10.2. The first-order valence-corrected chi connectivity index (χ1v) is 4.80. The largest absolute Gasteiger partial charge is 0.480 e.